The van der Waals surface area contributed by atoms with E-state index in [9.17, 15) is 9.59 Å². The van der Waals surface area contributed by atoms with E-state index < -0.39 is 5.60 Å². The summed E-state index contributed by atoms with van der Waals surface area (Å²) in [5.74, 6) is 1.97. The molecule has 170 valence electrons. The third-order valence-electron chi connectivity index (χ3n) is 6.10. The topological polar surface area (TPSA) is 74.3 Å². The SMILES string of the molecule is COc1cc(OC)c2c(c1)OC1(CCN(C(=O)COc3ccc(Cl)c(C)c3)CC1)CC2=O. The van der Waals surface area contributed by atoms with E-state index in [4.69, 9.17) is 30.5 Å². The number of Topliss-reactive ketones (excluding diaryl/α,β-unsaturated/α-hetero) is 1. The number of nitrogens with zero attached hydrogens (tertiary/aromatic N) is 1. The quantitative estimate of drug-likeness (QED) is 0.671. The summed E-state index contributed by atoms with van der Waals surface area (Å²) in [5, 5.41) is 0.656. The van der Waals surface area contributed by atoms with Gasteiger partial charge >= 0.3 is 0 Å². The van der Waals surface area contributed by atoms with Crippen molar-refractivity contribution in [3.8, 4) is 23.0 Å². The summed E-state index contributed by atoms with van der Waals surface area (Å²) in [6.45, 7) is 2.82. The number of rotatable bonds is 5. The minimum atomic E-state index is -0.633. The van der Waals surface area contributed by atoms with Gasteiger partial charge in [-0.1, -0.05) is 11.6 Å². The number of likely N-dealkylation sites (tertiary alicyclic amines) is 1. The van der Waals surface area contributed by atoms with E-state index in [1.807, 2.05) is 13.0 Å². The molecule has 2 aliphatic rings. The third kappa shape index (κ3) is 4.35. The average Bonchev–Trinajstić information content (AvgIpc) is 2.79. The fraction of sp³-hybridized carbons (Fsp3) is 0.417. The molecule has 0 radical (unpaired) electrons. The van der Waals surface area contributed by atoms with Crippen LogP contribution in [0.3, 0.4) is 0 Å². The molecule has 0 aromatic heterocycles. The van der Waals surface area contributed by atoms with Crippen molar-refractivity contribution < 1.29 is 28.5 Å². The minimum Gasteiger partial charge on any atom is -0.496 e. The first kappa shape index (κ1) is 22.3. The summed E-state index contributed by atoms with van der Waals surface area (Å²) in [6, 6.07) is 8.70. The first-order chi connectivity index (χ1) is 15.3. The first-order valence-electron chi connectivity index (χ1n) is 10.5. The molecule has 1 fully saturated rings. The maximum Gasteiger partial charge on any atom is 0.260 e. The van der Waals surface area contributed by atoms with Crippen molar-refractivity contribution in [2.24, 2.45) is 0 Å². The normalized spacial score (nSPS) is 16.9. The van der Waals surface area contributed by atoms with Crippen molar-refractivity contribution in [3.63, 3.8) is 0 Å². The summed E-state index contributed by atoms with van der Waals surface area (Å²) in [6.07, 6.45) is 1.37. The van der Waals surface area contributed by atoms with Gasteiger partial charge in [-0.05, 0) is 30.7 Å². The van der Waals surface area contributed by atoms with Gasteiger partial charge in [-0.3, -0.25) is 9.59 Å². The van der Waals surface area contributed by atoms with Crippen LogP contribution in [0.15, 0.2) is 30.3 Å². The molecule has 0 aliphatic carbocycles. The molecule has 1 amide bonds. The number of hydrogen-bond acceptors (Lipinski definition) is 6. The van der Waals surface area contributed by atoms with Crippen LogP contribution in [0.25, 0.3) is 0 Å². The second kappa shape index (κ2) is 8.90. The van der Waals surface area contributed by atoms with E-state index in [1.54, 1.807) is 36.3 Å². The molecule has 2 aromatic rings. The standard InChI is InChI=1S/C24H26ClNO6/c1-15-10-16(4-5-18(15)25)31-14-22(28)26-8-6-24(7-9-26)13-19(27)23-20(30-3)11-17(29-2)12-21(23)32-24/h4-5,10-12H,6-9,13-14H2,1-3H3. The Morgan fingerprint density at radius 1 is 1.12 bits per heavy atom. The van der Waals surface area contributed by atoms with Gasteiger partial charge in [0.05, 0.1) is 20.6 Å². The van der Waals surface area contributed by atoms with E-state index >= 15 is 0 Å². The highest BCUT2D eigenvalue weighted by atomic mass is 35.5. The van der Waals surface area contributed by atoms with E-state index in [0.717, 1.165) is 5.56 Å². The number of hydrogen-bond donors (Lipinski definition) is 0. The molecule has 0 saturated carbocycles. The molecule has 0 unspecified atom stereocenters. The van der Waals surface area contributed by atoms with Gasteiger partial charge in [-0.15, -0.1) is 0 Å². The lowest BCUT2D eigenvalue weighted by molar-refractivity contribution is -0.136. The highest BCUT2D eigenvalue weighted by Crippen LogP contribution is 2.44. The highest BCUT2D eigenvalue weighted by molar-refractivity contribution is 6.31. The Morgan fingerprint density at radius 3 is 2.53 bits per heavy atom. The van der Waals surface area contributed by atoms with Crippen LogP contribution in [0.1, 0.15) is 35.2 Å². The first-order valence-corrected chi connectivity index (χ1v) is 10.9. The summed E-state index contributed by atoms with van der Waals surface area (Å²) in [5.41, 5.74) is 0.708. The molecule has 0 bridgehead atoms. The zero-order chi connectivity index (χ0) is 22.9. The Morgan fingerprint density at radius 2 is 1.88 bits per heavy atom. The van der Waals surface area contributed by atoms with Gasteiger partial charge in [0, 0.05) is 43.1 Å². The van der Waals surface area contributed by atoms with E-state index in [1.165, 1.54) is 7.11 Å². The lowest BCUT2D eigenvalue weighted by Gasteiger charge is -2.44. The summed E-state index contributed by atoms with van der Waals surface area (Å²) >= 11 is 6.03. The van der Waals surface area contributed by atoms with Crippen molar-refractivity contribution in [3.05, 3.63) is 46.5 Å². The molecule has 1 spiro atoms. The monoisotopic (exact) mass is 459 g/mol. The third-order valence-corrected chi connectivity index (χ3v) is 6.53. The fourth-order valence-corrected chi connectivity index (χ4v) is 4.35. The van der Waals surface area contributed by atoms with Crippen LogP contribution in [-0.4, -0.2) is 56.1 Å². The van der Waals surface area contributed by atoms with E-state index in [0.29, 0.717) is 59.5 Å². The molecule has 0 N–H and O–H groups in total. The number of methoxy groups -OCH3 is 2. The number of halogens is 1. The molecule has 32 heavy (non-hydrogen) atoms. The number of carbonyl (C=O) groups excluding carboxylic acids is 2. The Bertz CT molecular complexity index is 1050. The maximum atomic E-state index is 13.0. The molecular formula is C24H26ClNO6. The Labute approximate surface area is 192 Å². The Hall–Kier alpha value is -2.93. The number of benzene rings is 2. The lowest BCUT2D eigenvalue weighted by Crippen LogP contribution is -2.53. The number of ketones is 1. The molecule has 1 saturated heterocycles. The van der Waals surface area contributed by atoms with Gasteiger partial charge in [0.1, 0.15) is 34.2 Å². The van der Waals surface area contributed by atoms with E-state index in [-0.39, 0.29) is 24.7 Å². The minimum absolute atomic E-state index is 0.0213. The predicted octanol–water partition coefficient (Wildman–Crippen LogP) is 4.07. The van der Waals surface area contributed by atoms with Crippen LogP contribution in [0.5, 0.6) is 23.0 Å². The summed E-state index contributed by atoms with van der Waals surface area (Å²) in [7, 11) is 3.07. The van der Waals surface area contributed by atoms with Crippen molar-refractivity contribution in [2.75, 3.05) is 33.9 Å². The molecular weight excluding hydrogens is 434 g/mol. The summed E-state index contributed by atoms with van der Waals surface area (Å²) < 4.78 is 22.7. The van der Waals surface area contributed by atoms with Crippen molar-refractivity contribution in [1.82, 2.24) is 4.90 Å². The molecule has 4 rings (SSSR count). The number of aryl methyl sites for hydroxylation is 1. The van der Waals surface area contributed by atoms with Crippen LogP contribution in [0, 0.1) is 6.92 Å². The second-order valence-corrected chi connectivity index (χ2v) is 8.58. The largest absolute Gasteiger partial charge is 0.496 e. The van der Waals surface area contributed by atoms with E-state index in [2.05, 4.69) is 0 Å². The van der Waals surface area contributed by atoms with Crippen molar-refractivity contribution >= 4 is 23.3 Å². The molecule has 2 aromatic carbocycles. The molecule has 0 atom stereocenters. The van der Waals surface area contributed by atoms with Crippen molar-refractivity contribution in [1.29, 1.82) is 0 Å². The Balaban J connectivity index is 1.40. The number of fused-ring (bicyclic) bond motifs is 1. The second-order valence-electron chi connectivity index (χ2n) is 8.17. The van der Waals surface area contributed by atoms with Gasteiger partial charge in [-0.25, -0.2) is 0 Å². The van der Waals surface area contributed by atoms with Crippen LogP contribution in [-0.2, 0) is 4.79 Å². The van der Waals surface area contributed by atoms with Crippen LogP contribution in [0.2, 0.25) is 5.02 Å². The number of piperidine rings is 1. The lowest BCUT2D eigenvalue weighted by atomic mass is 9.82. The zero-order valence-electron chi connectivity index (χ0n) is 18.4. The zero-order valence-corrected chi connectivity index (χ0v) is 19.2. The fourth-order valence-electron chi connectivity index (χ4n) is 4.24. The number of amides is 1. The van der Waals surface area contributed by atoms with Gasteiger partial charge in [0.15, 0.2) is 12.4 Å². The summed E-state index contributed by atoms with van der Waals surface area (Å²) in [4.78, 5) is 27.4. The van der Waals surface area contributed by atoms with Crippen molar-refractivity contribution in [2.45, 2.75) is 31.8 Å². The molecule has 7 nitrogen and oxygen atoms in total. The van der Waals surface area contributed by atoms with Crippen LogP contribution < -0.4 is 18.9 Å². The predicted molar refractivity (Wildman–Crippen MR) is 119 cm³/mol. The average molecular weight is 460 g/mol. The molecule has 8 heteroatoms. The van der Waals surface area contributed by atoms with Gasteiger partial charge < -0.3 is 23.8 Å². The van der Waals surface area contributed by atoms with Gasteiger partial charge in [0.2, 0.25) is 0 Å². The van der Waals surface area contributed by atoms with Crippen LogP contribution >= 0.6 is 11.6 Å². The van der Waals surface area contributed by atoms with Gasteiger partial charge in [-0.2, -0.15) is 0 Å². The molecule has 2 heterocycles. The molecule has 2 aliphatic heterocycles. The highest BCUT2D eigenvalue weighted by Gasteiger charge is 2.45. The van der Waals surface area contributed by atoms with Gasteiger partial charge in [0.25, 0.3) is 5.91 Å². The number of ether oxygens (including phenoxy) is 4. The maximum absolute atomic E-state index is 13.0. The Kier molecular flexibility index (Phi) is 6.20. The number of carbonyl (C=O) groups is 2. The van der Waals surface area contributed by atoms with Crippen LogP contribution in [0.4, 0.5) is 0 Å². The smallest absolute Gasteiger partial charge is 0.260 e.